The van der Waals surface area contributed by atoms with Gasteiger partial charge in [-0.2, -0.15) is 0 Å². The van der Waals surface area contributed by atoms with Crippen molar-refractivity contribution in [3.8, 4) is 0 Å². The lowest BCUT2D eigenvalue weighted by atomic mass is 10.3. The van der Waals surface area contributed by atoms with Crippen LogP contribution in [0.4, 0.5) is 0 Å². The summed E-state index contributed by atoms with van der Waals surface area (Å²) in [5, 5.41) is 12.0. The molecule has 0 fully saturated rings. The Hall–Kier alpha value is -0.410. The maximum atomic E-state index is 10.0. The summed E-state index contributed by atoms with van der Waals surface area (Å²) < 4.78 is 0. The molecular formula is C6H8NOS. The second kappa shape index (κ2) is 3.58. The molecule has 0 amide bonds. The Morgan fingerprint density at radius 3 is 3.11 bits per heavy atom. The Labute approximate surface area is 58.2 Å². The topological polar surface area (TPSA) is 32.8 Å². The van der Waals surface area contributed by atoms with Crippen LogP contribution in [0.15, 0.2) is 10.9 Å². The van der Waals surface area contributed by atoms with E-state index < -0.39 is 0 Å². The monoisotopic (exact) mass is 142 g/mol. The lowest BCUT2D eigenvalue weighted by Crippen LogP contribution is -1.86. The minimum atomic E-state index is 0.0114. The van der Waals surface area contributed by atoms with Gasteiger partial charge in [-0.15, -0.1) is 11.3 Å². The third-order valence-electron chi connectivity index (χ3n) is 1.06. The first kappa shape index (κ1) is 6.71. The van der Waals surface area contributed by atoms with Gasteiger partial charge in [0, 0.05) is 5.38 Å². The molecule has 1 aromatic heterocycles. The summed E-state index contributed by atoms with van der Waals surface area (Å²) in [5.41, 5.74) is 2.84. The number of hydrogen-bond acceptors (Lipinski definition) is 2. The summed E-state index contributed by atoms with van der Waals surface area (Å²) in [5.74, 6) is 0. The average molecular weight is 142 g/mol. The normalized spacial score (nSPS) is 9.89. The highest BCUT2D eigenvalue weighted by Gasteiger charge is 1.92. The van der Waals surface area contributed by atoms with Gasteiger partial charge >= 0.3 is 0 Å². The van der Waals surface area contributed by atoms with Crippen molar-refractivity contribution in [2.24, 2.45) is 0 Å². The number of hydrogen-bond donors (Lipinski definition) is 0. The number of thiazole rings is 1. The number of nitrogens with zero attached hydrogens (tertiary/aromatic N) is 1. The molecule has 0 N–H and O–H groups in total. The first-order valence-corrected chi connectivity index (χ1v) is 3.83. The highest BCUT2D eigenvalue weighted by Crippen LogP contribution is 2.02. The molecule has 9 heavy (non-hydrogen) atoms. The minimum absolute atomic E-state index is 0.0114. The smallest absolute Gasteiger partial charge is 0.0826 e. The zero-order chi connectivity index (χ0) is 6.53. The van der Waals surface area contributed by atoms with Crippen LogP contribution in [-0.4, -0.2) is 11.6 Å². The predicted octanol–water partition coefficient (Wildman–Crippen LogP) is 1.51. The highest BCUT2D eigenvalue weighted by atomic mass is 32.1. The zero-order valence-electron chi connectivity index (χ0n) is 5.04. The Balaban J connectivity index is 2.30. The van der Waals surface area contributed by atoms with Crippen molar-refractivity contribution in [1.82, 2.24) is 4.98 Å². The summed E-state index contributed by atoms with van der Waals surface area (Å²) in [7, 11) is 0. The van der Waals surface area contributed by atoms with E-state index in [0.717, 1.165) is 12.1 Å². The van der Waals surface area contributed by atoms with Gasteiger partial charge in [-0.05, 0) is 12.8 Å². The van der Waals surface area contributed by atoms with Crippen LogP contribution < -0.4 is 0 Å². The molecule has 1 aromatic rings. The van der Waals surface area contributed by atoms with E-state index in [0.29, 0.717) is 6.42 Å². The van der Waals surface area contributed by atoms with E-state index in [1.807, 2.05) is 5.38 Å². The van der Waals surface area contributed by atoms with Crippen LogP contribution in [0.2, 0.25) is 0 Å². The molecule has 0 bridgehead atoms. The van der Waals surface area contributed by atoms with Crippen molar-refractivity contribution >= 4 is 11.3 Å². The van der Waals surface area contributed by atoms with Crippen LogP contribution in [0.5, 0.6) is 0 Å². The first-order valence-electron chi connectivity index (χ1n) is 2.88. The van der Waals surface area contributed by atoms with E-state index in [1.54, 1.807) is 16.8 Å². The quantitative estimate of drug-likeness (QED) is 0.629. The van der Waals surface area contributed by atoms with Gasteiger partial charge < -0.3 is 0 Å². The van der Waals surface area contributed by atoms with Crippen molar-refractivity contribution in [3.63, 3.8) is 0 Å². The minimum Gasteiger partial charge on any atom is -0.250 e. The van der Waals surface area contributed by atoms with Gasteiger partial charge in [0.05, 0.1) is 17.8 Å². The first-order chi connectivity index (χ1) is 4.43. The van der Waals surface area contributed by atoms with Crippen molar-refractivity contribution in [2.45, 2.75) is 12.8 Å². The Morgan fingerprint density at radius 1 is 1.67 bits per heavy atom. The fourth-order valence-corrected chi connectivity index (χ4v) is 1.21. The van der Waals surface area contributed by atoms with Crippen LogP contribution in [0.1, 0.15) is 12.1 Å². The molecule has 2 nitrogen and oxygen atoms in total. The van der Waals surface area contributed by atoms with Gasteiger partial charge in [0.2, 0.25) is 0 Å². The molecule has 0 saturated heterocycles. The molecule has 0 aliphatic carbocycles. The lowest BCUT2D eigenvalue weighted by molar-refractivity contribution is 0.189. The molecule has 3 heteroatoms. The van der Waals surface area contributed by atoms with Crippen LogP contribution in [0, 0.1) is 0 Å². The third-order valence-corrected chi connectivity index (χ3v) is 1.70. The van der Waals surface area contributed by atoms with E-state index >= 15 is 0 Å². The molecule has 0 unspecified atom stereocenters. The van der Waals surface area contributed by atoms with Crippen LogP contribution in [0.25, 0.3) is 0 Å². The Kier molecular flexibility index (Phi) is 2.67. The second-order valence-corrected chi connectivity index (χ2v) is 2.51. The van der Waals surface area contributed by atoms with Crippen molar-refractivity contribution in [3.05, 3.63) is 16.6 Å². The molecule has 0 aliphatic heterocycles. The number of rotatable bonds is 3. The summed E-state index contributed by atoms with van der Waals surface area (Å²) >= 11 is 1.58. The van der Waals surface area contributed by atoms with E-state index in [-0.39, 0.29) is 6.61 Å². The molecule has 0 aliphatic rings. The molecular weight excluding hydrogens is 134 g/mol. The van der Waals surface area contributed by atoms with Crippen molar-refractivity contribution in [2.75, 3.05) is 6.61 Å². The fraction of sp³-hybridized carbons (Fsp3) is 0.500. The van der Waals surface area contributed by atoms with Gasteiger partial charge in [0.25, 0.3) is 0 Å². The average Bonchev–Trinajstić information content (AvgIpc) is 2.34. The van der Waals surface area contributed by atoms with Gasteiger partial charge in [0.1, 0.15) is 0 Å². The lowest BCUT2D eigenvalue weighted by Gasteiger charge is -1.87. The molecule has 1 radical (unpaired) electrons. The van der Waals surface area contributed by atoms with E-state index in [4.69, 9.17) is 0 Å². The van der Waals surface area contributed by atoms with E-state index in [2.05, 4.69) is 4.98 Å². The largest absolute Gasteiger partial charge is 0.250 e. The summed E-state index contributed by atoms with van der Waals surface area (Å²) in [6.07, 6.45) is 1.55. The van der Waals surface area contributed by atoms with Crippen molar-refractivity contribution in [1.29, 1.82) is 0 Å². The standard InChI is InChI=1S/C6H8NOS/c8-3-1-2-6-4-9-5-7-6/h4-5H,1-3H2. The summed E-state index contributed by atoms with van der Waals surface area (Å²) in [6.45, 7) is 0.0114. The molecule has 1 rings (SSSR count). The van der Waals surface area contributed by atoms with E-state index in [9.17, 15) is 5.11 Å². The SMILES string of the molecule is [O]CCCc1cscn1. The summed E-state index contributed by atoms with van der Waals surface area (Å²) in [4.78, 5) is 4.03. The van der Waals surface area contributed by atoms with Gasteiger partial charge in [-0.3, -0.25) is 0 Å². The molecule has 49 valence electrons. The fourth-order valence-electron chi connectivity index (χ4n) is 0.614. The van der Waals surface area contributed by atoms with Gasteiger partial charge in [-0.1, -0.05) is 0 Å². The Morgan fingerprint density at radius 2 is 2.56 bits per heavy atom. The second-order valence-electron chi connectivity index (χ2n) is 1.79. The molecule has 1 heterocycles. The molecule has 0 saturated carbocycles. The maximum Gasteiger partial charge on any atom is 0.0826 e. The highest BCUT2D eigenvalue weighted by molar-refractivity contribution is 7.07. The van der Waals surface area contributed by atoms with Crippen LogP contribution in [0.3, 0.4) is 0 Å². The van der Waals surface area contributed by atoms with Gasteiger partial charge in [-0.25, -0.2) is 10.1 Å². The van der Waals surface area contributed by atoms with Gasteiger partial charge in [0.15, 0.2) is 0 Å². The maximum absolute atomic E-state index is 10.0. The zero-order valence-corrected chi connectivity index (χ0v) is 5.86. The molecule has 0 aromatic carbocycles. The predicted molar refractivity (Wildman–Crippen MR) is 36.0 cm³/mol. The molecule has 0 atom stereocenters. The third kappa shape index (κ3) is 2.11. The number of aromatic nitrogens is 1. The van der Waals surface area contributed by atoms with Crippen LogP contribution >= 0.6 is 11.3 Å². The number of aryl methyl sites for hydroxylation is 1. The Bertz CT molecular complexity index is 150. The van der Waals surface area contributed by atoms with E-state index in [1.165, 1.54) is 0 Å². The van der Waals surface area contributed by atoms with Crippen molar-refractivity contribution < 1.29 is 5.11 Å². The summed E-state index contributed by atoms with van der Waals surface area (Å²) in [6, 6.07) is 0. The van der Waals surface area contributed by atoms with Crippen LogP contribution in [-0.2, 0) is 11.5 Å². The molecule has 0 spiro atoms.